The highest BCUT2D eigenvalue weighted by atomic mass is 19.4. The average molecular weight is 345 g/mol. The Balaban J connectivity index is 1.83. The molecule has 8 heteroatoms. The van der Waals surface area contributed by atoms with E-state index < -0.39 is 11.7 Å². The lowest BCUT2D eigenvalue weighted by atomic mass is 10.2. The Morgan fingerprint density at radius 2 is 1.76 bits per heavy atom. The molecule has 0 bridgehead atoms. The number of alkyl halides is 3. The van der Waals surface area contributed by atoms with Gasteiger partial charge in [-0.2, -0.15) is 23.3 Å². The number of hydrogen-bond acceptors (Lipinski definition) is 5. The number of halogens is 3. The molecule has 0 atom stereocenters. The topological polar surface area (TPSA) is 53.9 Å². The number of hydrogen-bond donors (Lipinski definition) is 1. The first kappa shape index (κ1) is 16.7. The van der Waals surface area contributed by atoms with Crippen molar-refractivity contribution in [1.29, 1.82) is 0 Å². The van der Waals surface area contributed by atoms with E-state index in [1.54, 1.807) is 4.90 Å². The Morgan fingerprint density at radius 3 is 2.48 bits per heavy atom. The normalized spacial score (nSPS) is 11.2. The lowest BCUT2D eigenvalue weighted by molar-refractivity contribution is -0.137. The maximum Gasteiger partial charge on any atom is 0.416 e. The summed E-state index contributed by atoms with van der Waals surface area (Å²) >= 11 is 0. The van der Waals surface area contributed by atoms with E-state index >= 15 is 0 Å². The van der Waals surface area contributed by atoms with Crippen LogP contribution in [0.4, 0.5) is 36.3 Å². The molecule has 5 nitrogen and oxygen atoms in total. The molecular weight excluding hydrogens is 331 g/mol. The van der Waals surface area contributed by atoms with Gasteiger partial charge in [-0.25, -0.2) is 0 Å². The summed E-state index contributed by atoms with van der Waals surface area (Å²) in [4.78, 5) is 6.09. The Hall–Kier alpha value is -3.16. The molecule has 1 aromatic heterocycles. The molecule has 0 aliphatic heterocycles. The molecule has 2 aromatic carbocycles. The predicted octanol–water partition coefficient (Wildman–Crippen LogP) is 4.40. The van der Waals surface area contributed by atoms with Gasteiger partial charge in [0.25, 0.3) is 0 Å². The third kappa shape index (κ3) is 4.03. The number of para-hydroxylation sites is 1. The van der Waals surface area contributed by atoms with Crippen LogP contribution >= 0.6 is 0 Å². The van der Waals surface area contributed by atoms with E-state index in [9.17, 15) is 13.2 Å². The fraction of sp³-hybridized carbons (Fsp3) is 0.118. The number of benzene rings is 2. The van der Waals surface area contributed by atoms with E-state index in [2.05, 4.69) is 20.5 Å². The van der Waals surface area contributed by atoms with Crippen LogP contribution in [-0.2, 0) is 6.18 Å². The zero-order valence-corrected chi connectivity index (χ0v) is 13.2. The van der Waals surface area contributed by atoms with Gasteiger partial charge in [0.1, 0.15) is 0 Å². The summed E-state index contributed by atoms with van der Waals surface area (Å²) in [5.41, 5.74) is 0.382. The van der Waals surface area contributed by atoms with Crippen LogP contribution < -0.4 is 10.2 Å². The Morgan fingerprint density at radius 1 is 1.00 bits per heavy atom. The van der Waals surface area contributed by atoms with E-state index in [0.717, 1.165) is 17.8 Å². The summed E-state index contributed by atoms with van der Waals surface area (Å²) in [7, 11) is 1.81. The van der Waals surface area contributed by atoms with E-state index in [1.165, 1.54) is 18.3 Å². The summed E-state index contributed by atoms with van der Waals surface area (Å²) in [5, 5.41) is 10.4. The zero-order valence-electron chi connectivity index (χ0n) is 13.2. The minimum Gasteiger partial charge on any atom is -0.328 e. The molecular formula is C17H14F3N5. The monoisotopic (exact) mass is 345 g/mol. The number of anilines is 4. The quantitative estimate of drug-likeness (QED) is 0.759. The molecule has 0 fully saturated rings. The fourth-order valence-corrected chi connectivity index (χ4v) is 2.20. The van der Waals surface area contributed by atoms with Gasteiger partial charge in [0.2, 0.25) is 5.95 Å². The molecule has 0 radical (unpaired) electrons. The van der Waals surface area contributed by atoms with Gasteiger partial charge in [0.15, 0.2) is 5.82 Å². The Bertz CT molecular complexity index is 852. The minimum absolute atomic E-state index is 0.111. The van der Waals surface area contributed by atoms with Crippen molar-refractivity contribution < 1.29 is 13.2 Å². The molecule has 3 rings (SSSR count). The highest BCUT2D eigenvalue weighted by Crippen LogP contribution is 2.31. The van der Waals surface area contributed by atoms with Crippen molar-refractivity contribution in [1.82, 2.24) is 15.2 Å². The molecule has 0 saturated heterocycles. The van der Waals surface area contributed by atoms with Crippen molar-refractivity contribution in [2.24, 2.45) is 0 Å². The number of aromatic nitrogens is 3. The molecule has 1 heterocycles. The van der Waals surface area contributed by atoms with Crippen molar-refractivity contribution >= 4 is 23.1 Å². The predicted molar refractivity (Wildman–Crippen MR) is 89.1 cm³/mol. The standard InChI is InChI=1S/C17H14F3N5/c1-25(14-8-3-2-4-9-14)15-11-21-24-16(23-15)22-13-7-5-6-12(10-13)17(18,19)20/h2-11H,1H3,(H,22,23,24). The van der Waals surface area contributed by atoms with E-state index in [0.29, 0.717) is 5.82 Å². The highest BCUT2D eigenvalue weighted by Gasteiger charge is 2.30. The molecule has 0 saturated carbocycles. The van der Waals surface area contributed by atoms with Crippen molar-refractivity contribution in [2.75, 3.05) is 17.3 Å². The van der Waals surface area contributed by atoms with E-state index in [-0.39, 0.29) is 11.6 Å². The van der Waals surface area contributed by atoms with Gasteiger partial charge < -0.3 is 10.2 Å². The Kier molecular flexibility index (Phi) is 4.51. The van der Waals surface area contributed by atoms with Crippen molar-refractivity contribution in [2.45, 2.75) is 6.18 Å². The summed E-state index contributed by atoms with van der Waals surface area (Å²) in [6.45, 7) is 0. The molecule has 0 amide bonds. The lowest BCUT2D eigenvalue weighted by Crippen LogP contribution is -2.13. The first-order valence-electron chi connectivity index (χ1n) is 7.36. The minimum atomic E-state index is -4.41. The SMILES string of the molecule is CN(c1ccccc1)c1cnnc(Nc2cccc(C(F)(F)F)c2)n1. The summed E-state index contributed by atoms with van der Waals surface area (Å²) in [6.07, 6.45) is -2.93. The van der Waals surface area contributed by atoms with Gasteiger partial charge in [-0.15, -0.1) is 5.10 Å². The van der Waals surface area contributed by atoms with Crippen LogP contribution in [0.2, 0.25) is 0 Å². The van der Waals surface area contributed by atoms with Crippen LogP contribution in [0.25, 0.3) is 0 Å². The lowest BCUT2D eigenvalue weighted by Gasteiger charge is -2.18. The summed E-state index contributed by atoms with van der Waals surface area (Å²) in [5.74, 6) is 0.621. The maximum atomic E-state index is 12.8. The van der Waals surface area contributed by atoms with Crippen molar-refractivity contribution in [3.8, 4) is 0 Å². The molecule has 25 heavy (non-hydrogen) atoms. The van der Waals surface area contributed by atoms with Crippen LogP contribution in [0.5, 0.6) is 0 Å². The molecule has 0 aliphatic carbocycles. The van der Waals surface area contributed by atoms with Gasteiger partial charge >= 0.3 is 6.18 Å². The summed E-state index contributed by atoms with van der Waals surface area (Å²) in [6, 6.07) is 14.3. The Labute approximate surface area is 142 Å². The van der Waals surface area contributed by atoms with Crippen molar-refractivity contribution in [3.63, 3.8) is 0 Å². The van der Waals surface area contributed by atoms with Crippen LogP contribution in [0.1, 0.15) is 5.56 Å². The number of rotatable bonds is 4. The second-order valence-corrected chi connectivity index (χ2v) is 5.24. The molecule has 0 aliphatic rings. The van der Waals surface area contributed by atoms with Gasteiger partial charge in [-0.1, -0.05) is 24.3 Å². The largest absolute Gasteiger partial charge is 0.416 e. The highest BCUT2D eigenvalue weighted by molar-refractivity contribution is 5.60. The van der Waals surface area contributed by atoms with E-state index in [4.69, 9.17) is 0 Å². The molecule has 0 spiro atoms. The van der Waals surface area contributed by atoms with Crippen LogP contribution in [0.15, 0.2) is 60.8 Å². The smallest absolute Gasteiger partial charge is 0.328 e. The maximum absolute atomic E-state index is 12.8. The second-order valence-electron chi connectivity index (χ2n) is 5.24. The molecule has 0 unspecified atom stereocenters. The van der Waals surface area contributed by atoms with Gasteiger partial charge in [-0.3, -0.25) is 0 Å². The molecule has 1 N–H and O–H groups in total. The third-order valence-electron chi connectivity index (χ3n) is 3.48. The fourth-order valence-electron chi connectivity index (χ4n) is 2.20. The van der Waals surface area contributed by atoms with Crippen LogP contribution in [0, 0.1) is 0 Å². The molecule has 3 aromatic rings. The van der Waals surface area contributed by atoms with Gasteiger partial charge in [0.05, 0.1) is 11.8 Å². The zero-order chi connectivity index (χ0) is 17.9. The second kappa shape index (κ2) is 6.76. The molecule has 128 valence electrons. The van der Waals surface area contributed by atoms with Crippen LogP contribution in [0.3, 0.4) is 0 Å². The average Bonchev–Trinajstić information content (AvgIpc) is 2.61. The van der Waals surface area contributed by atoms with Gasteiger partial charge in [0, 0.05) is 18.4 Å². The van der Waals surface area contributed by atoms with E-state index in [1.807, 2.05) is 37.4 Å². The first-order chi connectivity index (χ1) is 11.9. The van der Waals surface area contributed by atoms with Crippen molar-refractivity contribution in [3.05, 3.63) is 66.4 Å². The summed E-state index contributed by atoms with van der Waals surface area (Å²) < 4.78 is 38.4. The third-order valence-corrected chi connectivity index (χ3v) is 3.48. The van der Waals surface area contributed by atoms with Gasteiger partial charge in [-0.05, 0) is 30.3 Å². The number of nitrogens with zero attached hydrogens (tertiary/aromatic N) is 4. The number of nitrogens with one attached hydrogen (secondary N) is 1. The first-order valence-corrected chi connectivity index (χ1v) is 7.36. The van der Waals surface area contributed by atoms with Crippen LogP contribution in [-0.4, -0.2) is 22.2 Å².